The van der Waals surface area contributed by atoms with Crippen molar-refractivity contribution in [3.63, 3.8) is 0 Å². The van der Waals surface area contributed by atoms with E-state index in [4.69, 9.17) is 10.00 Å². The van der Waals surface area contributed by atoms with E-state index in [1.807, 2.05) is 12.1 Å². The number of benzene rings is 2. The number of hydrogen-bond acceptors (Lipinski definition) is 4. The molecule has 0 unspecified atom stereocenters. The Balaban J connectivity index is 1.59. The first kappa shape index (κ1) is 16.8. The molecule has 1 heterocycles. The molecule has 2 N–H and O–H groups in total. The third-order valence-corrected chi connectivity index (χ3v) is 4.10. The summed E-state index contributed by atoms with van der Waals surface area (Å²) >= 11 is 0. The maximum Gasteiger partial charge on any atom is 0.317 e. The van der Waals surface area contributed by atoms with Gasteiger partial charge in [0.25, 0.3) is 0 Å². The molecule has 0 aromatic heterocycles. The molecule has 0 saturated carbocycles. The molecule has 1 saturated heterocycles. The summed E-state index contributed by atoms with van der Waals surface area (Å²) in [4.78, 5) is 14.1. The first-order valence-corrected chi connectivity index (χ1v) is 8.08. The van der Waals surface area contributed by atoms with E-state index in [1.54, 1.807) is 41.3 Å². The fourth-order valence-electron chi connectivity index (χ4n) is 2.80. The van der Waals surface area contributed by atoms with Crippen LogP contribution in [0.3, 0.4) is 0 Å². The summed E-state index contributed by atoms with van der Waals surface area (Å²) in [7, 11) is 0. The van der Waals surface area contributed by atoms with Crippen molar-refractivity contribution < 1.29 is 14.6 Å². The summed E-state index contributed by atoms with van der Waals surface area (Å²) in [5.74, 6) is 0.181. The van der Waals surface area contributed by atoms with Gasteiger partial charge in [-0.2, -0.15) is 5.26 Å². The number of urea groups is 1. The van der Waals surface area contributed by atoms with Crippen LogP contribution in [0, 0.1) is 11.3 Å². The van der Waals surface area contributed by atoms with E-state index < -0.39 is 0 Å². The lowest BCUT2D eigenvalue weighted by Crippen LogP contribution is -2.46. The lowest BCUT2D eigenvalue weighted by atomic mass is 10.1. The number of phenolic OH excluding ortho intramolecular Hbond substituents is 1. The quantitative estimate of drug-likeness (QED) is 0.901. The number of carbonyl (C=O) groups excluding carboxylic acids is 1. The molecule has 128 valence electrons. The minimum Gasteiger partial charge on any atom is -0.508 e. The molecule has 2 aromatic carbocycles. The fraction of sp³-hybridized carbons (Fsp3) is 0.263. The number of morpholine rings is 1. The number of amides is 2. The van der Waals surface area contributed by atoms with Gasteiger partial charge in [0.05, 0.1) is 24.8 Å². The van der Waals surface area contributed by atoms with Gasteiger partial charge in [-0.25, -0.2) is 4.79 Å². The SMILES string of the molecule is N#Cc1cccc(CNC(=O)N2CCO[C@H](c3cccc(O)c3)C2)c1. The van der Waals surface area contributed by atoms with E-state index in [9.17, 15) is 9.90 Å². The number of phenols is 1. The number of nitriles is 1. The Morgan fingerprint density at radius 1 is 1.32 bits per heavy atom. The Kier molecular flexibility index (Phi) is 5.17. The average molecular weight is 337 g/mol. The number of hydrogen-bond donors (Lipinski definition) is 2. The molecule has 25 heavy (non-hydrogen) atoms. The van der Waals surface area contributed by atoms with Crippen LogP contribution in [0.1, 0.15) is 22.8 Å². The highest BCUT2D eigenvalue weighted by Gasteiger charge is 2.25. The zero-order chi connectivity index (χ0) is 17.6. The molecule has 1 aliphatic heterocycles. The summed E-state index contributed by atoms with van der Waals surface area (Å²) in [5.41, 5.74) is 2.30. The summed E-state index contributed by atoms with van der Waals surface area (Å²) in [6.45, 7) is 1.74. The standard InChI is InChI=1S/C19H19N3O3/c20-11-14-3-1-4-15(9-14)12-21-19(24)22-7-8-25-18(13-22)16-5-2-6-17(23)10-16/h1-6,9-10,18,23H,7-8,12-13H2,(H,21,24)/t18-/m0/s1. The van der Waals surface area contributed by atoms with Crippen LogP contribution in [-0.2, 0) is 11.3 Å². The monoisotopic (exact) mass is 337 g/mol. The van der Waals surface area contributed by atoms with Gasteiger partial charge < -0.3 is 20.1 Å². The van der Waals surface area contributed by atoms with Gasteiger partial charge in [0.15, 0.2) is 0 Å². The molecule has 1 atom stereocenters. The number of ether oxygens (including phenoxy) is 1. The first-order valence-electron chi connectivity index (χ1n) is 8.08. The predicted octanol–water partition coefficient (Wildman–Crippen LogP) is 2.55. The lowest BCUT2D eigenvalue weighted by molar-refractivity contribution is -0.0155. The summed E-state index contributed by atoms with van der Waals surface area (Å²) in [6, 6.07) is 16.0. The van der Waals surface area contributed by atoms with Crippen molar-refractivity contribution in [3.05, 3.63) is 65.2 Å². The van der Waals surface area contributed by atoms with Gasteiger partial charge in [0.1, 0.15) is 11.9 Å². The smallest absolute Gasteiger partial charge is 0.317 e. The molecule has 2 amide bonds. The third-order valence-electron chi connectivity index (χ3n) is 4.10. The normalized spacial score (nSPS) is 16.9. The second kappa shape index (κ2) is 7.69. The lowest BCUT2D eigenvalue weighted by Gasteiger charge is -2.33. The fourth-order valence-corrected chi connectivity index (χ4v) is 2.80. The van der Waals surface area contributed by atoms with Gasteiger partial charge in [0, 0.05) is 13.1 Å². The molecule has 0 bridgehead atoms. The van der Waals surface area contributed by atoms with E-state index >= 15 is 0 Å². The molecule has 0 radical (unpaired) electrons. The highest BCUT2D eigenvalue weighted by atomic mass is 16.5. The van der Waals surface area contributed by atoms with Crippen molar-refractivity contribution in [2.45, 2.75) is 12.6 Å². The van der Waals surface area contributed by atoms with E-state index in [2.05, 4.69) is 11.4 Å². The first-order chi connectivity index (χ1) is 12.2. The zero-order valence-electron chi connectivity index (χ0n) is 13.7. The van der Waals surface area contributed by atoms with Crippen LogP contribution in [0.2, 0.25) is 0 Å². The summed E-state index contributed by atoms with van der Waals surface area (Å²) in [5, 5.41) is 21.4. The van der Waals surface area contributed by atoms with Crippen LogP contribution in [0.4, 0.5) is 4.79 Å². The van der Waals surface area contributed by atoms with Crippen LogP contribution in [0.5, 0.6) is 5.75 Å². The Morgan fingerprint density at radius 3 is 2.96 bits per heavy atom. The van der Waals surface area contributed by atoms with Gasteiger partial charge in [-0.05, 0) is 35.4 Å². The number of nitrogens with one attached hydrogen (secondary N) is 1. The average Bonchev–Trinajstić information content (AvgIpc) is 2.66. The number of rotatable bonds is 3. The Morgan fingerprint density at radius 2 is 2.16 bits per heavy atom. The number of nitrogens with zero attached hydrogens (tertiary/aromatic N) is 2. The molecule has 0 aliphatic carbocycles. The van der Waals surface area contributed by atoms with Crippen molar-refractivity contribution in [1.29, 1.82) is 5.26 Å². The molecule has 0 spiro atoms. The second-order valence-corrected chi connectivity index (χ2v) is 5.87. The molecule has 6 nitrogen and oxygen atoms in total. The van der Waals surface area contributed by atoms with Crippen LogP contribution >= 0.6 is 0 Å². The van der Waals surface area contributed by atoms with Gasteiger partial charge in [0.2, 0.25) is 0 Å². The molecule has 3 rings (SSSR count). The van der Waals surface area contributed by atoms with Gasteiger partial charge >= 0.3 is 6.03 Å². The minimum atomic E-state index is -0.256. The molecule has 6 heteroatoms. The predicted molar refractivity (Wildman–Crippen MR) is 91.8 cm³/mol. The highest BCUT2D eigenvalue weighted by molar-refractivity contribution is 5.74. The van der Waals surface area contributed by atoms with Crippen LogP contribution in [-0.4, -0.2) is 35.7 Å². The van der Waals surface area contributed by atoms with E-state index in [0.717, 1.165) is 11.1 Å². The number of carbonyl (C=O) groups is 1. The van der Waals surface area contributed by atoms with Crippen molar-refractivity contribution in [1.82, 2.24) is 10.2 Å². The Labute approximate surface area is 146 Å². The zero-order valence-corrected chi connectivity index (χ0v) is 13.7. The molecule has 1 fully saturated rings. The largest absolute Gasteiger partial charge is 0.508 e. The van der Waals surface area contributed by atoms with Crippen molar-refractivity contribution >= 4 is 6.03 Å². The van der Waals surface area contributed by atoms with Crippen molar-refractivity contribution in [2.24, 2.45) is 0 Å². The van der Waals surface area contributed by atoms with E-state index in [1.165, 1.54) is 0 Å². The number of aromatic hydroxyl groups is 1. The van der Waals surface area contributed by atoms with Crippen molar-refractivity contribution in [3.8, 4) is 11.8 Å². The van der Waals surface area contributed by atoms with Gasteiger partial charge in [-0.1, -0.05) is 24.3 Å². The maximum atomic E-state index is 12.4. The second-order valence-electron chi connectivity index (χ2n) is 5.87. The van der Waals surface area contributed by atoms with E-state index in [0.29, 0.717) is 31.8 Å². The van der Waals surface area contributed by atoms with Gasteiger partial charge in [-0.15, -0.1) is 0 Å². The molecular weight excluding hydrogens is 318 g/mol. The van der Waals surface area contributed by atoms with E-state index in [-0.39, 0.29) is 17.9 Å². The Hall–Kier alpha value is -3.04. The van der Waals surface area contributed by atoms with Crippen molar-refractivity contribution in [2.75, 3.05) is 19.7 Å². The third kappa shape index (κ3) is 4.28. The summed E-state index contributed by atoms with van der Waals surface area (Å²) < 4.78 is 5.72. The maximum absolute atomic E-state index is 12.4. The highest BCUT2D eigenvalue weighted by Crippen LogP contribution is 2.24. The van der Waals surface area contributed by atoms with Crippen LogP contribution in [0.25, 0.3) is 0 Å². The van der Waals surface area contributed by atoms with Gasteiger partial charge in [-0.3, -0.25) is 0 Å². The molecule has 2 aromatic rings. The summed E-state index contributed by atoms with van der Waals surface area (Å²) in [6.07, 6.45) is -0.256. The van der Waals surface area contributed by atoms with Crippen LogP contribution < -0.4 is 5.32 Å². The van der Waals surface area contributed by atoms with Crippen LogP contribution in [0.15, 0.2) is 48.5 Å². The molecular formula is C19H19N3O3. The molecule has 1 aliphatic rings. The minimum absolute atomic E-state index is 0.171. The Bertz CT molecular complexity index is 800. The topological polar surface area (TPSA) is 85.6 Å².